The number of carbonyl (C=O) groups excluding carboxylic acids is 2. The van der Waals surface area contributed by atoms with Crippen molar-refractivity contribution in [3.63, 3.8) is 0 Å². The van der Waals surface area contributed by atoms with Crippen LogP contribution in [0.25, 0.3) is 0 Å². The van der Waals surface area contributed by atoms with E-state index in [1.165, 1.54) is 6.07 Å². The van der Waals surface area contributed by atoms with E-state index >= 15 is 0 Å². The number of aliphatic hydroxyl groups excluding tert-OH is 1. The number of aryl methyl sites for hydroxylation is 1. The smallest absolute Gasteiger partial charge is 0.390 e. The lowest BCUT2D eigenvalue weighted by Crippen LogP contribution is -2.48. The Balaban J connectivity index is 1.49. The molecule has 1 saturated heterocycles. The Kier molecular flexibility index (Phi) is 10.2. The van der Waals surface area contributed by atoms with Gasteiger partial charge in [0.2, 0.25) is 5.91 Å². The van der Waals surface area contributed by atoms with Gasteiger partial charge >= 0.3 is 6.18 Å². The normalized spacial score (nSPS) is 15.1. The zero-order valence-electron chi connectivity index (χ0n) is 23.1. The van der Waals surface area contributed by atoms with Crippen molar-refractivity contribution in [3.8, 4) is 0 Å². The van der Waals surface area contributed by atoms with Crippen LogP contribution in [0.2, 0.25) is 0 Å². The molecule has 0 radical (unpaired) electrons. The molecule has 4 rings (SSSR count). The van der Waals surface area contributed by atoms with Gasteiger partial charge in [0.25, 0.3) is 5.91 Å². The summed E-state index contributed by atoms with van der Waals surface area (Å²) in [6.07, 6.45) is -2.21. The number of halogens is 3. The average Bonchev–Trinajstić information content (AvgIpc) is 3.38. The summed E-state index contributed by atoms with van der Waals surface area (Å²) in [4.78, 5) is 27.6. The maximum absolute atomic E-state index is 13.5. The summed E-state index contributed by atoms with van der Waals surface area (Å²) in [6.45, 7) is 2.84. The number of carbonyl (C=O) groups is 2. The van der Waals surface area contributed by atoms with Crippen molar-refractivity contribution < 1.29 is 27.9 Å². The Morgan fingerprint density at radius 1 is 1.00 bits per heavy atom. The lowest BCUT2D eigenvalue weighted by atomic mass is 9.99. The zero-order valence-corrected chi connectivity index (χ0v) is 23.1. The van der Waals surface area contributed by atoms with Crippen molar-refractivity contribution in [2.45, 2.75) is 63.9 Å². The van der Waals surface area contributed by atoms with Crippen LogP contribution in [0, 0.1) is 0 Å². The largest absolute Gasteiger partial charge is 0.416 e. The van der Waals surface area contributed by atoms with Crippen LogP contribution in [0.1, 0.15) is 58.8 Å². The molecule has 1 aliphatic heterocycles. The van der Waals surface area contributed by atoms with Gasteiger partial charge in [-0.05, 0) is 60.2 Å². The van der Waals surface area contributed by atoms with Crippen molar-refractivity contribution in [1.29, 1.82) is 0 Å². The monoisotopic (exact) mass is 567 g/mol. The predicted octanol–water partition coefficient (Wildman–Crippen LogP) is 5.28. The van der Waals surface area contributed by atoms with Crippen molar-refractivity contribution in [1.82, 2.24) is 10.6 Å². The highest BCUT2D eigenvalue weighted by molar-refractivity contribution is 5.99. The topological polar surface area (TPSA) is 81.7 Å². The van der Waals surface area contributed by atoms with Crippen LogP contribution >= 0.6 is 0 Å². The van der Waals surface area contributed by atoms with E-state index in [0.717, 1.165) is 42.5 Å². The maximum Gasteiger partial charge on any atom is 0.416 e. The van der Waals surface area contributed by atoms with Crippen LogP contribution in [0.4, 0.5) is 18.9 Å². The minimum absolute atomic E-state index is 0.0363. The number of rotatable bonds is 12. The van der Waals surface area contributed by atoms with E-state index < -0.39 is 23.9 Å². The number of anilines is 1. The third kappa shape index (κ3) is 8.41. The molecule has 3 aromatic rings. The number of benzene rings is 3. The van der Waals surface area contributed by atoms with Gasteiger partial charge in [-0.2, -0.15) is 13.2 Å². The van der Waals surface area contributed by atoms with Crippen LogP contribution in [-0.4, -0.2) is 42.2 Å². The minimum Gasteiger partial charge on any atom is -0.390 e. The van der Waals surface area contributed by atoms with Crippen LogP contribution in [-0.2, 0) is 30.4 Å². The van der Waals surface area contributed by atoms with Crippen LogP contribution < -0.4 is 15.5 Å². The first-order chi connectivity index (χ1) is 19.6. The van der Waals surface area contributed by atoms with Crippen LogP contribution in [0.5, 0.6) is 0 Å². The predicted molar refractivity (Wildman–Crippen MR) is 153 cm³/mol. The molecule has 218 valence electrons. The van der Waals surface area contributed by atoms with Gasteiger partial charge in [0, 0.05) is 37.3 Å². The van der Waals surface area contributed by atoms with E-state index in [4.69, 9.17) is 0 Å². The third-order valence-corrected chi connectivity index (χ3v) is 7.18. The molecule has 41 heavy (non-hydrogen) atoms. The average molecular weight is 568 g/mol. The summed E-state index contributed by atoms with van der Waals surface area (Å²) < 4.78 is 39.2. The van der Waals surface area contributed by atoms with Gasteiger partial charge in [0.05, 0.1) is 17.7 Å². The summed E-state index contributed by atoms with van der Waals surface area (Å²) in [5.41, 5.74) is 2.69. The van der Waals surface area contributed by atoms with Crippen LogP contribution in [0.15, 0.2) is 72.8 Å². The van der Waals surface area contributed by atoms with Crippen molar-refractivity contribution in [3.05, 3.63) is 101 Å². The van der Waals surface area contributed by atoms with E-state index in [2.05, 4.69) is 10.6 Å². The number of nitrogens with zero attached hydrogens (tertiary/aromatic N) is 1. The fourth-order valence-corrected chi connectivity index (χ4v) is 5.08. The van der Waals surface area contributed by atoms with E-state index in [9.17, 15) is 27.9 Å². The molecule has 2 unspecified atom stereocenters. The van der Waals surface area contributed by atoms with E-state index in [1.54, 1.807) is 17.0 Å². The number of nitrogens with one attached hydrogen (secondary N) is 2. The van der Waals surface area contributed by atoms with Gasteiger partial charge in [0.1, 0.15) is 0 Å². The summed E-state index contributed by atoms with van der Waals surface area (Å²) in [5, 5.41) is 17.1. The second-order valence-electron chi connectivity index (χ2n) is 10.5. The fourth-order valence-electron chi connectivity index (χ4n) is 5.08. The molecule has 0 bridgehead atoms. The summed E-state index contributed by atoms with van der Waals surface area (Å²) >= 11 is 0. The third-order valence-electron chi connectivity index (χ3n) is 7.18. The SMILES string of the molecule is CCCc1cc(C(=O)NC(Cc2ccccc2)C(O)CNCc2cccc(C(F)(F)F)c2)cc(N2CCCC2=O)c1. The first kappa shape index (κ1) is 30.3. The highest BCUT2D eigenvalue weighted by Gasteiger charge is 2.30. The van der Waals surface area contributed by atoms with Crippen LogP contribution in [0.3, 0.4) is 0 Å². The number of aliphatic hydroxyl groups is 1. The second kappa shape index (κ2) is 13.8. The summed E-state index contributed by atoms with van der Waals surface area (Å²) in [5.74, 6) is -0.331. The molecular formula is C32H36F3N3O3. The molecule has 1 fully saturated rings. The molecule has 0 aliphatic carbocycles. The standard InChI is InChI=1S/C32H36F3N3O3/c1-2-8-23-15-25(19-27(17-23)38-14-7-13-30(38)40)31(41)37-28(18-22-9-4-3-5-10-22)29(39)21-36-20-24-11-6-12-26(16-24)32(33,34)35/h3-6,9-12,15-17,19,28-29,36,39H,2,7-8,13-14,18,20-21H2,1H3,(H,37,41). The highest BCUT2D eigenvalue weighted by atomic mass is 19.4. The van der Waals surface area contributed by atoms with Gasteiger partial charge in [-0.3, -0.25) is 9.59 Å². The molecule has 0 aromatic heterocycles. The van der Waals surface area contributed by atoms with Gasteiger partial charge in [-0.25, -0.2) is 0 Å². The Morgan fingerprint density at radius 3 is 2.44 bits per heavy atom. The number of amides is 2. The molecule has 2 amide bonds. The molecule has 0 spiro atoms. The minimum atomic E-state index is -4.43. The first-order valence-corrected chi connectivity index (χ1v) is 14.0. The molecule has 9 heteroatoms. The number of alkyl halides is 3. The van der Waals surface area contributed by atoms with E-state index in [-0.39, 0.29) is 24.9 Å². The van der Waals surface area contributed by atoms with Gasteiger partial charge in [-0.15, -0.1) is 0 Å². The van der Waals surface area contributed by atoms with E-state index in [1.807, 2.05) is 49.4 Å². The number of hydrogen-bond acceptors (Lipinski definition) is 4. The molecule has 1 aliphatic rings. The Hall–Kier alpha value is -3.69. The lowest BCUT2D eigenvalue weighted by molar-refractivity contribution is -0.137. The molecule has 3 aromatic carbocycles. The zero-order chi connectivity index (χ0) is 29.4. The van der Waals surface area contributed by atoms with Gasteiger partial charge in [-0.1, -0.05) is 61.9 Å². The van der Waals surface area contributed by atoms with Crippen molar-refractivity contribution >= 4 is 17.5 Å². The quantitative estimate of drug-likeness (QED) is 0.278. The van der Waals surface area contributed by atoms with Crippen molar-refractivity contribution in [2.24, 2.45) is 0 Å². The molecule has 1 heterocycles. The lowest BCUT2D eigenvalue weighted by Gasteiger charge is -2.25. The highest BCUT2D eigenvalue weighted by Crippen LogP contribution is 2.29. The summed E-state index contributed by atoms with van der Waals surface area (Å²) in [7, 11) is 0. The molecular weight excluding hydrogens is 531 g/mol. The number of hydrogen-bond donors (Lipinski definition) is 3. The first-order valence-electron chi connectivity index (χ1n) is 14.0. The second-order valence-corrected chi connectivity index (χ2v) is 10.5. The van der Waals surface area contributed by atoms with E-state index in [0.29, 0.717) is 36.2 Å². The van der Waals surface area contributed by atoms with Gasteiger partial charge in [0.15, 0.2) is 0 Å². The Morgan fingerprint density at radius 2 is 1.76 bits per heavy atom. The Bertz CT molecular complexity index is 1330. The molecule has 0 saturated carbocycles. The summed E-state index contributed by atoms with van der Waals surface area (Å²) in [6, 6.07) is 19.3. The maximum atomic E-state index is 13.5. The fraction of sp³-hybridized carbons (Fsp3) is 0.375. The van der Waals surface area contributed by atoms with Crippen molar-refractivity contribution in [2.75, 3.05) is 18.0 Å². The molecule has 3 N–H and O–H groups in total. The molecule has 6 nitrogen and oxygen atoms in total. The van der Waals surface area contributed by atoms with Gasteiger partial charge < -0.3 is 20.6 Å². The molecule has 2 atom stereocenters. The Labute approximate surface area is 238 Å².